The molecule has 2 N–H and O–H groups in total. The van der Waals surface area contributed by atoms with E-state index >= 15 is 0 Å². The van der Waals surface area contributed by atoms with Gasteiger partial charge in [0.1, 0.15) is 0 Å². The molecule has 1 rings (SSSR count). The zero-order valence-corrected chi connectivity index (χ0v) is 21.5. The summed E-state index contributed by atoms with van der Waals surface area (Å²) in [4.78, 5) is 6.58. The van der Waals surface area contributed by atoms with Gasteiger partial charge in [0, 0.05) is 45.8 Å². The summed E-state index contributed by atoms with van der Waals surface area (Å²) in [5.74, 6) is 0.750. The van der Waals surface area contributed by atoms with Crippen molar-refractivity contribution in [2.24, 2.45) is 4.99 Å². The van der Waals surface area contributed by atoms with E-state index in [1.807, 2.05) is 13.0 Å². The Morgan fingerprint density at radius 2 is 1.79 bits per heavy atom. The molecule has 0 heterocycles. The first-order valence-electron chi connectivity index (χ1n) is 9.91. The van der Waals surface area contributed by atoms with Gasteiger partial charge in [-0.1, -0.05) is 37.3 Å². The fourth-order valence-electron chi connectivity index (χ4n) is 2.89. The Morgan fingerprint density at radius 1 is 1.17 bits per heavy atom. The van der Waals surface area contributed by atoms with Gasteiger partial charge in [-0.05, 0) is 32.4 Å². The predicted molar refractivity (Wildman–Crippen MR) is 133 cm³/mol. The minimum Gasteiger partial charge on any atom is -0.356 e. The van der Waals surface area contributed by atoms with Gasteiger partial charge in [0.25, 0.3) is 0 Å². The number of aliphatic imine (C=N–C) groups is 1. The Morgan fingerprint density at radius 3 is 2.34 bits per heavy atom. The van der Waals surface area contributed by atoms with Gasteiger partial charge in [0.15, 0.2) is 5.96 Å². The largest absolute Gasteiger partial charge is 0.356 e. The summed E-state index contributed by atoms with van der Waals surface area (Å²) in [6.45, 7) is 7.53. The molecule has 0 amide bonds. The fourth-order valence-corrected chi connectivity index (χ4v) is 3.82. The van der Waals surface area contributed by atoms with Crippen molar-refractivity contribution in [3.8, 4) is 0 Å². The van der Waals surface area contributed by atoms with E-state index in [1.54, 1.807) is 7.05 Å². The highest BCUT2D eigenvalue weighted by Gasteiger charge is 2.13. The average Bonchev–Trinajstić information content (AvgIpc) is 2.66. The first-order valence-corrected chi connectivity index (χ1v) is 11.8. The van der Waals surface area contributed by atoms with E-state index in [1.165, 1.54) is 16.1 Å². The van der Waals surface area contributed by atoms with E-state index < -0.39 is 10.0 Å². The van der Waals surface area contributed by atoms with Crippen LogP contribution in [-0.2, 0) is 16.6 Å². The molecule has 7 nitrogen and oxygen atoms in total. The molecular weight excluding hydrogens is 501 g/mol. The van der Waals surface area contributed by atoms with Crippen LogP contribution in [0.1, 0.15) is 32.3 Å². The number of hydrogen-bond donors (Lipinski definition) is 2. The highest BCUT2D eigenvalue weighted by atomic mass is 127. The Bertz CT molecular complexity index is 685. The van der Waals surface area contributed by atoms with E-state index in [-0.39, 0.29) is 24.0 Å². The average molecular weight is 540 g/mol. The number of guanidine groups is 1. The molecule has 0 radical (unpaired) electrons. The van der Waals surface area contributed by atoms with Crippen LogP contribution in [0.15, 0.2) is 35.3 Å². The number of rotatable bonds is 12. The second kappa shape index (κ2) is 15.0. The Balaban J connectivity index is 0.00000784. The topological polar surface area (TPSA) is 77.0 Å². The van der Waals surface area contributed by atoms with Crippen LogP contribution >= 0.6 is 24.0 Å². The first kappa shape index (κ1) is 28.1. The Labute approximate surface area is 194 Å². The van der Waals surface area contributed by atoms with Crippen molar-refractivity contribution in [2.45, 2.75) is 39.3 Å². The second-order valence-electron chi connectivity index (χ2n) is 7.07. The van der Waals surface area contributed by atoms with Gasteiger partial charge in [-0.15, -0.1) is 24.0 Å². The zero-order valence-electron chi connectivity index (χ0n) is 18.4. The molecule has 0 spiro atoms. The monoisotopic (exact) mass is 539 g/mol. The molecule has 29 heavy (non-hydrogen) atoms. The molecule has 9 heteroatoms. The Hall–Kier alpha value is -0.910. The fraction of sp³-hybridized carbons (Fsp3) is 0.650. The maximum Gasteiger partial charge on any atom is 0.211 e. The van der Waals surface area contributed by atoms with Gasteiger partial charge in [-0.25, -0.2) is 12.7 Å². The molecule has 168 valence electrons. The molecule has 0 aliphatic heterocycles. The van der Waals surface area contributed by atoms with Crippen molar-refractivity contribution in [3.63, 3.8) is 0 Å². The molecule has 1 atom stereocenters. The van der Waals surface area contributed by atoms with Crippen molar-refractivity contribution in [1.82, 2.24) is 19.8 Å². The maximum absolute atomic E-state index is 11.6. The smallest absolute Gasteiger partial charge is 0.211 e. The van der Waals surface area contributed by atoms with Crippen LogP contribution in [0.2, 0.25) is 0 Å². The lowest BCUT2D eigenvalue weighted by molar-refractivity contribution is 0.238. The Kier molecular flexibility index (Phi) is 14.5. The predicted octanol–water partition coefficient (Wildman–Crippen LogP) is 2.35. The number of benzene rings is 1. The summed E-state index contributed by atoms with van der Waals surface area (Å²) >= 11 is 0. The van der Waals surface area contributed by atoms with Crippen molar-refractivity contribution >= 4 is 40.0 Å². The lowest BCUT2D eigenvalue weighted by atomic mass is 10.1. The summed E-state index contributed by atoms with van der Waals surface area (Å²) in [7, 11) is 0.769. The summed E-state index contributed by atoms with van der Waals surface area (Å²) < 4.78 is 24.7. The van der Waals surface area contributed by atoms with E-state index in [4.69, 9.17) is 0 Å². The molecule has 0 aromatic heterocycles. The number of halogens is 1. The molecule has 0 aliphatic rings. The number of sulfonamides is 1. The van der Waals surface area contributed by atoms with Crippen LogP contribution in [0.3, 0.4) is 0 Å². The molecule has 0 bridgehead atoms. The summed E-state index contributed by atoms with van der Waals surface area (Å²) in [5.41, 5.74) is 1.32. The third-order valence-electron chi connectivity index (χ3n) is 4.80. The van der Waals surface area contributed by atoms with Crippen LogP contribution in [0.25, 0.3) is 0 Å². The van der Waals surface area contributed by atoms with E-state index in [0.717, 1.165) is 31.9 Å². The lowest BCUT2D eigenvalue weighted by Gasteiger charge is -2.25. The van der Waals surface area contributed by atoms with Gasteiger partial charge in [0.05, 0.1) is 6.26 Å². The van der Waals surface area contributed by atoms with E-state index in [2.05, 4.69) is 58.8 Å². The molecular formula is C20H38IN5O2S. The van der Waals surface area contributed by atoms with Crippen molar-refractivity contribution < 1.29 is 8.42 Å². The molecule has 0 saturated carbocycles. The molecule has 1 unspecified atom stereocenters. The molecule has 0 saturated heterocycles. The van der Waals surface area contributed by atoms with Gasteiger partial charge in [0.2, 0.25) is 10.0 Å². The number of hydrogen-bond acceptors (Lipinski definition) is 4. The van der Waals surface area contributed by atoms with Crippen LogP contribution in [0, 0.1) is 0 Å². The van der Waals surface area contributed by atoms with E-state index in [9.17, 15) is 8.42 Å². The van der Waals surface area contributed by atoms with Gasteiger partial charge >= 0.3 is 0 Å². The van der Waals surface area contributed by atoms with Crippen LogP contribution in [0.4, 0.5) is 0 Å². The van der Waals surface area contributed by atoms with Gasteiger partial charge in [-0.2, -0.15) is 0 Å². The second-order valence-corrected chi connectivity index (χ2v) is 9.05. The molecule has 1 aromatic carbocycles. The molecule has 0 aliphatic carbocycles. The minimum atomic E-state index is -3.12. The third-order valence-corrected chi connectivity index (χ3v) is 6.18. The van der Waals surface area contributed by atoms with Crippen molar-refractivity contribution in [2.75, 3.05) is 46.5 Å². The van der Waals surface area contributed by atoms with E-state index in [0.29, 0.717) is 25.7 Å². The normalized spacial score (nSPS) is 13.3. The number of nitrogens with zero attached hydrogens (tertiary/aromatic N) is 3. The summed E-state index contributed by atoms with van der Waals surface area (Å²) in [6.07, 6.45) is 2.99. The first-order chi connectivity index (χ1) is 13.3. The minimum absolute atomic E-state index is 0. The highest BCUT2D eigenvalue weighted by molar-refractivity contribution is 14.0. The third kappa shape index (κ3) is 11.8. The highest BCUT2D eigenvalue weighted by Crippen LogP contribution is 2.07. The van der Waals surface area contributed by atoms with Gasteiger partial charge in [-0.3, -0.25) is 9.89 Å². The van der Waals surface area contributed by atoms with Crippen molar-refractivity contribution in [3.05, 3.63) is 35.9 Å². The quantitative estimate of drug-likeness (QED) is 0.185. The SMILES string of the molecule is CCN(CCCNC(=NC)NCCC(C)N(C)Cc1ccccc1)S(C)(=O)=O.I. The summed E-state index contributed by atoms with van der Waals surface area (Å²) in [6, 6.07) is 10.9. The molecule has 0 fully saturated rings. The maximum atomic E-state index is 11.6. The zero-order chi connectivity index (χ0) is 21.0. The number of nitrogens with one attached hydrogen (secondary N) is 2. The van der Waals surface area contributed by atoms with Crippen LogP contribution in [-0.4, -0.2) is 76.2 Å². The van der Waals surface area contributed by atoms with Crippen molar-refractivity contribution in [1.29, 1.82) is 0 Å². The lowest BCUT2D eigenvalue weighted by Crippen LogP contribution is -2.41. The summed E-state index contributed by atoms with van der Waals surface area (Å²) in [5, 5.41) is 6.58. The molecule has 1 aromatic rings. The van der Waals surface area contributed by atoms with Crippen LogP contribution < -0.4 is 10.6 Å². The van der Waals surface area contributed by atoms with Crippen LogP contribution in [0.5, 0.6) is 0 Å². The van der Waals surface area contributed by atoms with Gasteiger partial charge < -0.3 is 10.6 Å². The standard InChI is InChI=1S/C20H37N5O2S.HI/c1-6-25(28(5,26)27)16-10-14-22-20(21-3)23-15-13-18(2)24(4)17-19-11-8-7-9-12-19;/h7-9,11-12,18H,6,10,13-17H2,1-5H3,(H2,21,22,23);1H.